The third-order valence-corrected chi connectivity index (χ3v) is 2.73. The first-order chi connectivity index (χ1) is 8.48. The van der Waals surface area contributed by atoms with Crippen LogP contribution in [0.2, 0.25) is 0 Å². The number of hydrogen-bond donors (Lipinski definition) is 2. The molecule has 1 rings (SSSR count). The van der Waals surface area contributed by atoms with Crippen LogP contribution in [0.15, 0.2) is 24.3 Å². The van der Waals surface area contributed by atoms with Gasteiger partial charge in [-0.05, 0) is 32.9 Å². The molecule has 0 aromatic heterocycles. The second kappa shape index (κ2) is 6.76. The van der Waals surface area contributed by atoms with Crippen LogP contribution in [0.25, 0.3) is 0 Å². The molecule has 1 aromatic carbocycles. The zero-order valence-electron chi connectivity index (χ0n) is 11.9. The van der Waals surface area contributed by atoms with E-state index in [1.807, 2.05) is 18.2 Å². The van der Waals surface area contributed by atoms with Gasteiger partial charge in [0, 0.05) is 11.6 Å². The van der Waals surface area contributed by atoms with E-state index in [0.717, 1.165) is 24.3 Å². The number of para-hydroxylation sites is 1. The summed E-state index contributed by atoms with van der Waals surface area (Å²) in [6.45, 7) is 8.97. The average Bonchev–Trinajstić information content (AvgIpc) is 2.33. The van der Waals surface area contributed by atoms with E-state index in [-0.39, 0.29) is 0 Å². The molecular weight excluding hydrogens is 226 g/mol. The Kier molecular flexibility index (Phi) is 5.63. The first-order valence-corrected chi connectivity index (χ1v) is 6.65. The highest BCUT2D eigenvalue weighted by atomic mass is 16.5. The highest BCUT2D eigenvalue weighted by Crippen LogP contribution is 2.27. The lowest BCUT2D eigenvalue weighted by Gasteiger charge is -2.23. The van der Waals surface area contributed by atoms with Gasteiger partial charge in [-0.15, -0.1) is 0 Å². The van der Waals surface area contributed by atoms with Gasteiger partial charge in [0.05, 0.1) is 5.60 Å². The number of nitrogens with one attached hydrogen (secondary N) is 1. The number of aliphatic hydroxyl groups is 1. The molecule has 0 aliphatic carbocycles. The summed E-state index contributed by atoms with van der Waals surface area (Å²) in [5, 5.41) is 13.2. The second-order valence-electron chi connectivity index (χ2n) is 5.16. The summed E-state index contributed by atoms with van der Waals surface area (Å²) < 4.78 is 5.74. The highest BCUT2D eigenvalue weighted by Gasteiger charge is 2.17. The Labute approximate surface area is 110 Å². The maximum atomic E-state index is 9.73. The molecule has 0 spiro atoms. The summed E-state index contributed by atoms with van der Waals surface area (Å²) in [5.41, 5.74) is 0.346. The third kappa shape index (κ3) is 4.67. The van der Waals surface area contributed by atoms with Crippen molar-refractivity contribution >= 4 is 0 Å². The number of rotatable bonds is 7. The summed E-state index contributed by atoms with van der Waals surface area (Å²) in [6, 6.07) is 8.32. The third-order valence-electron chi connectivity index (χ3n) is 2.73. The van der Waals surface area contributed by atoms with E-state index in [2.05, 4.69) is 25.2 Å². The Morgan fingerprint density at radius 1 is 1.28 bits per heavy atom. The summed E-state index contributed by atoms with van der Waals surface area (Å²) in [6.07, 6.45) is 1.01. The molecule has 1 unspecified atom stereocenters. The van der Waals surface area contributed by atoms with Gasteiger partial charge in [-0.25, -0.2) is 0 Å². The van der Waals surface area contributed by atoms with Gasteiger partial charge in [0.2, 0.25) is 0 Å². The van der Waals surface area contributed by atoms with Crippen molar-refractivity contribution in [2.75, 3.05) is 13.2 Å². The molecule has 3 nitrogen and oxygen atoms in total. The smallest absolute Gasteiger partial charge is 0.124 e. The Morgan fingerprint density at radius 3 is 2.50 bits per heavy atom. The van der Waals surface area contributed by atoms with Crippen molar-refractivity contribution in [2.24, 2.45) is 0 Å². The Morgan fingerprint density at radius 2 is 1.94 bits per heavy atom. The second-order valence-corrected chi connectivity index (χ2v) is 5.16. The highest BCUT2D eigenvalue weighted by molar-refractivity contribution is 5.36. The predicted octanol–water partition coefficient (Wildman–Crippen LogP) is 2.90. The van der Waals surface area contributed by atoms with Crippen molar-refractivity contribution in [1.29, 1.82) is 0 Å². The van der Waals surface area contributed by atoms with E-state index in [9.17, 15) is 5.11 Å². The van der Waals surface area contributed by atoms with Gasteiger partial charge >= 0.3 is 0 Å². The lowest BCUT2D eigenvalue weighted by molar-refractivity contribution is 0.0279. The van der Waals surface area contributed by atoms with Crippen molar-refractivity contribution < 1.29 is 9.84 Å². The molecule has 0 saturated heterocycles. The topological polar surface area (TPSA) is 41.5 Å². The van der Waals surface area contributed by atoms with Gasteiger partial charge in [0.25, 0.3) is 0 Å². The molecule has 102 valence electrons. The van der Waals surface area contributed by atoms with Crippen LogP contribution in [0.3, 0.4) is 0 Å². The van der Waals surface area contributed by atoms with Gasteiger partial charge in [-0.3, -0.25) is 0 Å². The minimum Gasteiger partial charge on any atom is -0.490 e. The average molecular weight is 251 g/mol. The fourth-order valence-electron chi connectivity index (χ4n) is 1.87. The number of hydrogen-bond acceptors (Lipinski definition) is 3. The molecule has 0 radical (unpaired) electrons. The fraction of sp³-hybridized carbons (Fsp3) is 0.600. The van der Waals surface area contributed by atoms with E-state index in [1.165, 1.54) is 0 Å². The van der Waals surface area contributed by atoms with Crippen LogP contribution in [-0.4, -0.2) is 23.9 Å². The quantitative estimate of drug-likeness (QED) is 0.783. The normalized spacial score (nSPS) is 13.4. The van der Waals surface area contributed by atoms with Crippen molar-refractivity contribution in [3.63, 3.8) is 0 Å². The van der Waals surface area contributed by atoms with Gasteiger partial charge < -0.3 is 15.2 Å². The van der Waals surface area contributed by atoms with Crippen molar-refractivity contribution in [3.8, 4) is 5.75 Å². The molecule has 0 fully saturated rings. The molecule has 0 amide bonds. The van der Waals surface area contributed by atoms with E-state index >= 15 is 0 Å². The minimum atomic E-state index is -0.812. The SMILES string of the molecule is CCNC(CC)c1ccccc1OCC(C)(C)O. The van der Waals surface area contributed by atoms with Crippen LogP contribution in [0.1, 0.15) is 45.7 Å². The molecule has 3 heteroatoms. The van der Waals surface area contributed by atoms with Gasteiger partial charge in [-0.1, -0.05) is 32.0 Å². The fourth-order valence-corrected chi connectivity index (χ4v) is 1.87. The zero-order chi connectivity index (χ0) is 13.6. The van der Waals surface area contributed by atoms with Crippen LogP contribution in [0.5, 0.6) is 5.75 Å². The largest absolute Gasteiger partial charge is 0.490 e. The van der Waals surface area contributed by atoms with E-state index in [4.69, 9.17) is 4.74 Å². The maximum absolute atomic E-state index is 9.73. The molecule has 1 aromatic rings. The maximum Gasteiger partial charge on any atom is 0.124 e. The van der Waals surface area contributed by atoms with Crippen molar-refractivity contribution in [3.05, 3.63) is 29.8 Å². The summed E-state index contributed by atoms with van der Waals surface area (Å²) >= 11 is 0. The molecule has 0 aliphatic rings. The lowest BCUT2D eigenvalue weighted by Crippen LogP contribution is -2.28. The van der Waals surface area contributed by atoms with Crippen LogP contribution < -0.4 is 10.1 Å². The summed E-state index contributed by atoms with van der Waals surface area (Å²) in [4.78, 5) is 0. The lowest BCUT2D eigenvalue weighted by atomic mass is 10.0. The van der Waals surface area contributed by atoms with Gasteiger partial charge in [0.15, 0.2) is 0 Å². The van der Waals surface area contributed by atoms with Crippen LogP contribution in [-0.2, 0) is 0 Å². The molecule has 2 N–H and O–H groups in total. The molecule has 0 bridgehead atoms. The van der Waals surface area contributed by atoms with Crippen LogP contribution in [0, 0.1) is 0 Å². The van der Waals surface area contributed by atoms with E-state index in [0.29, 0.717) is 12.6 Å². The van der Waals surface area contributed by atoms with Crippen LogP contribution >= 0.6 is 0 Å². The molecular formula is C15H25NO2. The summed E-state index contributed by atoms with van der Waals surface area (Å²) in [5.74, 6) is 0.854. The predicted molar refractivity (Wildman–Crippen MR) is 74.9 cm³/mol. The summed E-state index contributed by atoms with van der Waals surface area (Å²) in [7, 11) is 0. The first kappa shape index (κ1) is 15.0. The first-order valence-electron chi connectivity index (χ1n) is 6.65. The Bertz CT molecular complexity index is 358. The monoisotopic (exact) mass is 251 g/mol. The minimum absolute atomic E-state index is 0.298. The number of ether oxygens (including phenoxy) is 1. The van der Waals surface area contributed by atoms with Crippen LogP contribution in [0.4, 0.5) is 0 Å². The Hall–Kier alpha value is -1.06. The molecule has 0 heterocycles. The van der Waals surface area contributed by atoms with E-state index < -0.39 is 5.60 Å². The van der Waals surface area contributed by atoms with Gasteiger partial charge in [-0.2, -0.15) is 0 Å². The van der Waals surface area contributed by atoms with E-state index in [1.54, 1.807) is 13.8 Å². The zero-order valence-corrected chi connectivity index (χ0v) is 11.9. The molecule has 0 aliphatic heterocycles. The molecule has 0 saturated carbocycles. The Balaban J connectivity index is 2.84. The van der Waals surface area contributed by atoms with Gasteiger partial charge in [0.1, 0.15) is 12.4 Å². The van der Waals surface area contributed by atoms with Crippen molar-refractivity contribution in [2.45, 2.75) is 45.8 Å². The number of benzene rings is 1. The van der Waals surface area contributed by atoms with Crippen molar-refractivity contribution in [1.82, 2.24) is 5.32 Å². The molecule has 1 atom stereocenters. The standard InChI is InChI=1S/C15H25NO2/c1-5-13(16-6-2)12-9-7-8-10-14(12)18-11-15(3,4)17/h7-10,13,16-17H,5-6,11H2,1-4H3. The molecule has 18 heavy (non-hydrogen) atoms.